The van der Waals surface area contributed by atoms with Crippen LogP contribution in [-0.2, 0) is 0 Å². The van der Waals surface area contributed by atoms with Crippen molar-refractivity contribution in [1.29, 1.82) is 0 Å². The van der Waals surface area contributed by atoms with Gasteiger partial charge in [-0.15, -0.1) is 0 Å². The molecule has 0 unspecified atom stereocenters. The molecule has 0 fully saturated rings. The second-order valence-electron chi connectivity index (χ2n) is 26.6. The van der Waals surface area contributed by atoms with Crippen LogP contribution < -0.4 is 9.80 Å². The normalized spacial score (nSPS) is 11.7. The predicted molar refractivity (Wildman–Crippen MR) is 433 cm³/mol. The van der Waals surface area contributed by atoms with E-state index in [0.717, 1.165) is 99.5 Å². The van der Waals surface area contributed by atoms with Gasteiger partial charge >= 0.3 is 0 Å². The van der Waals surface area contributed by atoms with Crippen molar-refractivity contribution in [3.63, 3.8) is 0 Å². The first kappa shape index (κ1) is 58.6. The summed E-state index contributed by atoms with van der Waals surface area (Å²) < 4.78 is 12.8. The summed E-state index contributed by atoms with van der Waals surface area (Å²) in [6.07, 6.45) is 0. The number of hydrogen-bond donors (Lipinski definition) is 0. The highest BCUT2D eigenvalue weighted by Gasteiger charge is 2.22. The van der Waals surface area contributed by atoms with E-state index in [4.69, 9.17) is 8.83 Å². The van der Waals surface area contributed by atoms with Gasteiger partial charge in [0, 0.05) is 66.1 Å². The van der Waals surface area contributed by atoms with Gasteiger partial charge < -0.3 is 18.6 Å². The van der Waals surface area contributed by atoms with Crippen molar-refractivity contribution in [1.82, 2.24) is 0 Å². The maximum Gasteiger partial charge on any atom is 0.143 e. The van der Waals surface area contributed by atoms with Crippen LogP contribution in [-0.4, -0.2) is 0 Å². The summed E-state index contributed by atoms with van der Waals surface area (Å²) in [7, 11) is 0. The first-order valence-electron chi connectivity index (χ1n) is 34.9. The van der Waals surface area contributed by atoms with Gasteiger partial charge in [0.2, 0.25) is 0 Å². The fourth-order valence-corrected chi connectivity index (χ4v) is 15.9. The van der Waals surface area contributed by atoms with E-state index in [1.54, 1.807) is 0 Å². The number of nitrogens with zero attached hydrogens (tertiary/aromatic N) is 2. The summed E-state index contributed by atoms with van der Waals surface area (Å²) >= 11 is 0. The SMILES string of the molecule is c1ccc2c(-c3ccc(-c4ccc(N(c5ccc6c(ccc7c8ccccc8oc67)c5)c5cc6ccccc6c6ccccc56)cc4)cc3)cccc2c1.c1ccc2c(-c3ccc(N(c4ccc5c(ccc6ccccc65)c4)c4ccc5c(ccc6c7ccccc7oc56)c4)cc3)cccc2c1. The van der Waals surface area contributed by atoms with Crippen LogP contribution in [0.25, 0.3) is 163 Å². The van der Waals surface area contributed by atoms with Gasteiger partial charge in [-0.3, -0.25) is 0 Å². The molecule has 476 valence electrons. The highest BCUT2D eigenvalue weighted by atomic mass is 16.3. The fourth-order valence-electron chi connectivity index (χ4n) is 15.9. The molecule has 0 N–H and O–H groups in total. The van der Waals surface area contributed by atoms with E-state index in [1.165, 1.54) is 98.0 Å². The minimum Gasteiger partial charge on any atom is -0.455 e. The average molecular weight is 1300 g/mol. The maximum atomic E-state index is 6.43. The molecule has 0 radical (unpaired) electrons. The Bertz CT molecular complexity index is 6870. The Morgan fingerprint density at radius 2 is 0.480 bits per heavy atom. The zero-order valence-electron chi connectivity index (χ0n) is 55.5. The number of furan rings is 2. The summed E-state index contributed by atoms with van der Waals surface area (Å²) in [5.41, 5.74) is 17.6. The Balaban J connectivity index is 0.000000138. The van der Waals surface area contributed by atoms with Gasteiger partial charge in [0.25, 0.3) is 0 Å². The number of hydrogen-bond acceptors (Lipinski definition) is 4. The lowest BCUT2D eigenvalue weighted by atomic mass is 9.96. The molecule has 21 rings (SSSR count). The van der Waals surface area contributed by atoms with E-state index < -0.39 is 0 Å². The summed E-state index contributed by atoms with van der Waals surface area (Å²) in [4.78, 5) is 4.77. The minimum atomic E-state index is 0.914. The average Bonchev–Trinajstić information content (AvgIpc) is 1.23. The van der Waals surface area contributed by atoms with Crippen LogP contribution >= 0.6 is 0 Å². The van der Waals surface area contributed by atoms with Gasteiger partial charge in [-0.05, 0) is 207 Å². The molecule has 19 aromatic carbocycles. The molecule has 0 aliphatic carbocycles. The molecule has 4 nitrogen and oxygen atoms in total. The molecule has 0 aliphatic heterocycles. The zero-order valence-corrected chi connectivity index (χ0v) is 55.5. The molecule has 0 aliphatic rings. The monoisotopic (exact) mass is 1300 g/mol. The highest BCUT2D eigenvalue weighted by molar-refractivity contribution is 6.19. The van der Waals surface area contributed by atoms with Gasteiger partial charge in [-0.1, -0.05) is 273 Å². The largest absolute Gasteiger partial charge is 0.455 e. The van der Waals surface area contributed by atoms with Crippen LogP contribution in [0, 0.1) is 0 Å². The Morgan fingerprint density at radius 3 is 1.02 bits per heavy atom. The third-order valence-electron chi connectivity index (χ3n) is 20.8. The van der Waals surface area contributed by atoms with E-state index >= 15 is 0 Å². The summed E-state index contributed by atoms with van der Waals surface area (Å²) in [5.74, 6) is 0. The van der Waals surface area contributed by atoms with Gasteiger partial charge in [-0.25, -0.2) is 0 Å². The van der Waals surface area contributed by atoms with E-state index in [0.29, 0.717) is 0 Å². The maximum absolute atomic E-state index is 6.43. The first-order chi connectivity index (χ1) is 50.5. The van der Waals surface area contributed by atoms with Crippen molar-refractivity contribution in [3.8, 4) is 33.4 Å². The van der Waals surface area contributed by atoms with Crippen molar-refractivity contribution in [2.45, 2.75) is 0 Å². The van der Waals surface area contributed by atoms with Crippen LogP contribution in [0.5, 0.6) is 0 Å². The minimum absolute atomic E-state index is 0.914. The molecular formula is C98H62N2O2. The smallest absolute Gasteiger partial charge is 0.143 e. The second-order valence-corrected chi connectivity index (χ2v) is 26.6. The zero-order chi connectivity index (χ0) is 67.2. The Labute approximate surface area is 588 Å². The number of para-hydroxylation sites is 2. The first-order valence-corrected chi connectivity index (χ1v) is 34.9. The van der Waals surface area contributed by atoms with Crippen LogP contribution in [0.1, 0.15) is 0 Å². The molecule has 4 heteroatoms. The third kappa shape index (κ3) is 9.99. The number of anilines is 6. The quantitative estimate of drug-likeness (QED) is 0.135. The molecule has 0 atom stereocenters. The summed E-state index contributed by atoms with van der Waals surface area (Å²) in [6, 6.07) is 136. The van der Waals surface area contributed by atoms with Crippen molar-refractivity contribution >= 4 is 164 Å². The molecule has 0 spiro atoms. The van der Waals surface area contributed by atoms with Crippen molar-refractivity contribution < 1.29 is 8.83 Å². The highest BCUT2D eigenvalue weighted by Crippen LogP contribution is 2.47. The number of fused-ring (bicyclic) bond motifs is 18. The molecule has 2 heterocycles. The molecule has 102 heavy (non-hydrogen) atoms. The Kier molecular flexibility index (Phi) is 13.9. The van der Waals surface area contributed by atoms with E-state index in [9.17, 15) is 0 Å². The molecular weight excluding hydrogens is 1240 g/mol. The van der Waals surface area contributed by atoms with Gasteiger partial charge in [0.05, 0.1) is 5.69 Å². The van der Waals surface area contributed by atoms with Crippen molar-refractivity contribution in [2.75, 3.05) is 9.80 Å². The van der Waals surface area contributed by atoms with E-state index in [1.807, 2.05) is 24.3 Å². The topological polar surface area (TPSA) is 32.8 Å². The second kappa shape index (κ2) is 24.2. The van der Waals surface area contributed by atoms with Crippen LogP contribution in [0.4, 0.5) is 34.1 Å². The fraction of sp³-hybridized carbons (Fsp3) is 0. The molecule has 2 aromatic heterocycles. The molecule has 0 saturated heterocycles. The number of benzene rings is 19. The van der Waals surface area contributed by atoms with E-state index in [2.05, 4.69) is 362 Å². The van der Waals surface area contributed by atoms with Crippen LogP contribution in [0.2, 0.25) is 0 Å². The Morgan fingerprint density at radius 1 is 0.167 bits per heavy atom. The molecule has 0 amide bonds. The number of rotatable bonds is 9. The molecule has 0 bridgehead atoms. The lowest BCUT2D eigenvalue weighted by Crippen LogP contribution is -2.10. The van der Waals surface area contributed by atoms with Crippen molar-refractivity contribution in [2.24, 2.45) is 0 Å². The van der Waals surface area contributed by atoms with Gasteiger partial charge in [0.1, 0.15) is 22.3 Å². The predicted octanol–water partition coefficient (Wildman–Crippen LogP) is 28.3. The summed E-state index contributed by atoms with van der Waals surface area (Å²) in [5, 5.41) is 24.0. The van der Waals surface area contributed by atoms with Gasteiger partial charge in [0.15, 0.2) is 0 Å². The van der Waals surface area contributed by atoms with Crippen LogP contribution in [0.15, 0.2) is 385 Å². The van der Waals surface area contributed by atoms with Gasteiger partial charge in [-0.2, -0.15) is 0 Å². The molecule has 21 aromatic rings. The standard InChI is InChI=1S/C52H33NO.C46H29NO/c1-3-13-42-36(10-1)12-9-18-43(42)37-22-20-34(21-23-37)35-24-27-40(28-25-35)53(50-33-38-11-2-4-14-44(38)46-15-5-6-16-47(46)50)41-29-31-45-39(32-41)26-30-49-48-17-7-8-19-51(48)54-52(45)49;1-3-11-38-30(8-1)10-7-14-40(38)32-18-21-35(22-19-32)47(36-23-26-41-33(28-36)17-16-31-9-2-4-12-39(31)41)37-24-27-42-34(29-37)20-25-44-43-13-5-6-15-45(43)48-46(42)44/h1-33H;1-29H. The third-order valence-corrected chi connectivity index (χ3v) is 20.8. The van der Waals surface area contributed by atoms with Crippen LogP contribution in [0.3, 0.4) is 0 Å². The lowest BCUT2D eigenvalue weighted by Gasteiger charge is -2.28. The summed E-state index contributed by atoms with van der Waals surface area (Å²) in [6.45, 7) is 0. The molecule has 0 saturated carbocycles. The Hall–Kier alpha value is -13.5. The van der Waals surface area contributed by atoms with E-state index in [-0.39, 0.29) is 0 Å². The van der Waals surface area contributed by atoms with Crippen molar-refractivity contribution in [3.05, 3.63) is 376 Å². The lowest BCUT2D eigenvalue weighted by molar-refractivity contribution is 0.672.